The summed E-state index contributed by atoms with van der Waals surface area (Å²) >= 11 is 0. The fraction of sp³-hybridized carbons (Fsp3) is 0.571. The van der Waals surface area contributed by atoms with Crippen molar-refractivity contribution in [3.8, 4) is 0 Å². The molecule has 0 aromatic heterocycles. The van der Waals surface area contributed by atoms with Crippen LogP contribution in [-0.2, 0) is 9.53 Å². The molecule has 0 spiro atoms. The second-order valence-corrected chi connectivity index (χ2v) is 2.36. The first-order chi connectivity index (χ1) is 4.18. The van der Waals surface area contributed by atoms with E-state index in [1.165, 1.54) is 6.92 Å². The van der Waals surface area contributed by atoms with Crippen LogP contribution in [0.15, 0.2) is 12.7 Å². The van der Waals surface area contributed by atoms with Gasteiger partial charge in [0.25, 0.3) is 0 Å². The molecule has 0 bridgehead atoms. The molecule has 1 aliphatic rings. The Hall–Kier alpha value is -0.790. The largest absolute Gasteiger partial charge is 0.455 e. The number of carbonyl (C=O) groups is 1. The zero-order valence-corrected chi connectivity index (χ0v) is 5.52. The quantitative estimate of drug-likeness (QED) is 0.411. The van der Waals surface area contributed by atoms with Crippen molar-refractivity contribution in [1.82, 2.24) is 0 Å². The summed E-state index contributed by atoms with van der Waals surface area (Å²) in [6.45, 7) is 4.99. The molecule has 1 saturated carbocycles. The molecule has 50 valence electrons. The van der Waals surface area contributed by atoms with Crippen LogP contribution in [-0.4, -0.2) is 11.6 Å². The average molecular weight is 126 g/mol. The molecule has 0 aromatic rings. The Bertz CT molecular complexity index is 145. The maximum atomic E-state index is 10.4. The Morgan fingerprint density at radius 1 is 1.78 bits per heavy atom. The maximum Gasteiger partial charge on any atom is 0.303 e. The number of hydrogen-bond donors (Lipinski definition) is 0. The van der Waals surface area contributed by atoms with Gasteiger partial charge in [-0.05, 0) is 18.9 Å². The van der Waals surface area contributed by atoms with Crippen molar-refractivity contribution in [2.75, 3.05) is 0 Å². The summed E-state index contributed by atoms with van der Waals surface area (Å²) < 4.78 is 4.94. The Balaban J connectivity index is 2.42. The lowest BCUT2D eigenvalue weighted by atomic mass is 10.3. The van der Waals surface area contributed by atoms with E-state index in [1.54, 1.807) is 6.08 Å². The maximum absolute atomic E-state index is 10.4. The van der Waals surface area contributed by atoms with Crippen LogP contribution in [0, 0.1) is 0 Å². The van der Waals surface area contributed by atoms with E-state index < -0.39 is 0 Å². The third-order valence-electron chi connectivity index (χ3n) is 1.46. The Labute approximate surface area is 54.5 Å². The van der Waals surface area contributed by atoms with Gasteiger partial charge in [-0.15, -0.1) is 0 Å². The van der Waals surface area contributed by atoms with Crippen LogP contribution in [0.4, 0.5) is 0 Å². The van der Waals surface area contributed by atoms with Gasteiger partial charge in [-0.25, -0.2) is 0 Å². The van der Waals surface area contributed by atoms with Gasteiger partial charge in [-0.2, -0.15) is 0 Å². The molecular weight excluding hydrogens is 116 g/mol. The highest BCUT2D eigenvalue weighted by molar-refractivity contribution is 5.67. The molecule has 0 radical (unpaired) electrons. The van der Waals surface area contributed by atoms with Gasteiger partial charge in [-0.3, -0.25) is 4.79 Å². The average Bonchev–Trinajstić information content (AvgIpc) is 2.48. The van der Waals surface area contributed by atoms with Gasteiger partial charge in [0, 0.05) is 6.92 Å². The predicted octanol–water partition coefficient (Wildman–Crippen LogP) is 1.27. The molecule has 0 aliphatic heterocycles. The topological polar surface area (TPSA) is 26.3 Å². The molecule has 0 N–H and O–H groups in total. The standard InChI is InChI=1S/C7H10O2/c1-3-7(4-5-7)9-6(2)8/h3H,1,4-5H2,2H3. The van der Waals surface area contributed by atoms with Crippen molar-refractivity contribution in [2.24, 2.45) is 0 Å². The van der Waals surface area contributed by atoms with E-state index in [2.05, 4.69) is 6.58 Å². The van der Waals surface area contributed by atoms with Crippen molar-refractivity contribution >= 4 is 5.97 Å². The van der Waals surface area contributed by atoms with Crippen molar-refractivity contribution in [2.45, 2.75) is 25.4 Å². The number of ether oxygens (including phenoxy) is 1. The molecule has 0 heterocycles. The normalized spacial score (nSPS) is 20.6. The molecule has 1 fully saturated rings. The molecule has 0 unspecified atom stereocenters. The highest BCUT2D eigenvalue weighted by atomic mass is 16.6. The van der Waals surface area contributed by atoms with E-state index in [-0.39, 0.29) is 11.6 Å². The summed E-state index contributed by atoms with van der Waals surface area (Å²) in [4.78, 5) is 10.4. The van der Waals surface area contributed by atoms with Crippen molar-refractivity contribution in [1.29, 1.82) is 0 Å². The molecule has 0 saturated heterocycles. The molecule has 2 heteroatoms. The molecule has 0 amide bonds. The van der Waals surface area contributed by atoms with Gasteiger partial charge < -0.3 is 4.74 Å². The van der Waals surface area contributed by atoms with Crippen LogP contribution in [0.25, 0.3) is 0 Å². The van der Waals surface area contributed by atoms with Gasteiger partial charge in [0.2, 0.25) is 0 Å². The van der Waals surface area contributed by atoms with Gasteiger partial charge in [0.1, 0.15) is 5.60 Å². The number of carbonyl (C=O) groups excluding carboxylic acids is 1. The minimum absolute atomic E-state index is 0.215. The van der Waals surface area contributed by atoms with E-state index in [4.69, 9.17) is 4.74 Å². The first-order valence-electron chi connectivity index (χ1n) is 3.02. The highest BCUT2D eigenvalue weighted by Gasteiger charge is 2.43. The van der Waals surface area contributed by atoms with Crippen LogP contribution < -0.4 is 0 Å². The second-order valence-electron chi connectivity index (χ2n) is 2.36. The second kappa shape index (κ2) is 1.87. The van der Waals surface area contributed by atoms with Crippen molar-refractivity contribution in [3.63, 3.8) is 0 Å². The minimum atomic E-state index is -0.272. The number of hydrogen-bond acceptors (Lipinski definition) is 2. The smallest absolute Gasteiger partial charge is 0.303 e. The molecule has 2 nitrogen and oxygen atoms in total. The molecule has 0 atom stereocenters. The van der Waals surface area contributed by atoms with E-state index in [1.807, 2.05) is 0 Å². The summed E-state index contributed by atoms with van der Waals surface area (Å²) in [5.74, 6) is -0.215. The lowest BCUT2D eigenvalue weighted by Crippen LogP contribution is -2.13. The summed E-state index contributed by atoms with van der Waals surface area (Å²) in [6, 6.07) is 0. The molecule has 9 heavy (non-hydrogen) atoms. The van der Waals surface area contributed by atoms with E-state index in [9.17, 15) is 4.79 Å². The number of esters is 1. The van der Waals surface area contributed by atoms with Gasteiger partial charge in [0.15, 0.2) is 0 Å². The van der Waals surface area contributed by atoms with Crippen molar-refractivity contribution in [3.05, 3.63) is 12.7 Å². The van der Waals surface area contributed by atoms with Crippen LogP contribution in [0.5, 0.6) is 0 Å². The van der Waals surface area contributed by atoms with Gasteiger partial charge in [0.05, 0.1) is 0 Å². The molecule has 1 rings (SSSR count). The summed E-state index contributed by atoms with van der Waals surface area (Å²) in [5.41, 5.74) is -0.272. The third kappa shape index (κ3) is 1.31. The first kappa shape index (κ1) is 6.33. The van der Waals surface area contributed by atoms with Crippen molar-refractivity contribution < 1.29 is 9.53 Å². The summed E-state index contributed by atoms with van der Waals surface area (Å²) in [5, 5.41) is 0. The van der Waals surface area contributed by atoms with Crippen LogP contribution in [0.3, 0.4) is 0 Å². The fourth-order valence-corrected chi connectivity index (χ4v) is 0.757. The summed E-state index contributed by atoms with van der Waals surface area (Å²) in [6.07, 6.45) is 3.58. The van der Waals surface area contributed by atoms with E-state index in [0.29, 0.717) is 0 Å². The zero-order valence-electron chi connectivity index (χ0n) is 5.52. The fourth-order valence-electron chi connectivity index (χ4n) is 0.757. The van der Waals surface area contributed by atoms with Crippen LogP contribution in [0.2, 0.25) is 0 Å². The SMILES string of the molecule is C=CC1(OC(C)=O)CC1. The predicted molar refractivity (Wildman–Crippen MR) is 33.9 cm³/mol. The zero-order chi connectivity index (χ0) is 6.91. The lowest BCUT2D eigenvalue weighted by Gasteiger charge is -2.07. The number of rotatable bonds is 2. The Kier molecular flexibility index (Phi) is 1.31. The van der Waals surface area contributed by atoms with Gasteiger partial charge >= 0.3 is 5.97 Å². The van der Waals surface area contributed by atoms with Crippen LogP contribution in [0.1, 0.15) is 19.8 Å². The molecule has 1 aliphatic carbocycles. The van der Waals surface area contributed by atoms with E-state index in [0.717, 1.165) is 12.8 Å². The molecular formula is C7H10O2. The van der Waals surface area contributed by atoms with Gasteiger partial charge in [-0.1, -0.05) is 6.58 Å². The Morgan fingerprint density at radius 3 is 2.44 bits per heavy atom. The first-order valence-corrected chi connectivity index (χ1v) is 3.02. The van der Waals surface area contributed by atoms with Crippen LogP contribution >= 0.6 is 0 Å². The molecule has 0 aromatic carbocycles. The Morgan fingerprint density at radius 2 is 2.33 bits per heavy atom. The lowest BCUT2D eigenvalue weighted by molar-refractivity contribution is -0.145. The minimum Gasteiger partial charge on any atom is -0.455 e. The highest BCUT2D eigenvalue weighted by Crippen LogP contribution is 2.40. The summed E-state index contributed by atoms with van der Waals surface area (Å²) in [7, 11) is 0. The van der Waals surface area contributed by atoms with E-state index >= 15 is 0 Å². The monoisotopic (exact) mass is 126 g/mol. The third-order valence-corrected chi connectivity index (χ3v) is 1.46.